The minimum Gasteiger partial charge on any atom is -0.400 e. The van der Waals surface area contributed by atoms with Crippen LogP contribution in [0.3, 0.4) is 0 Å². The van der Waals surface area contributed by atoms with Crippen LogP contribution in [0.1, 0.15) is 43.6 Å². The van der Waals surface area contributed by atoms with E-state index in [2.05, 4.69) is 68.7 Å². The van der Waals surface area contributed by atoms with Crippen molar-refractivity contribution in [2.45, 2.75) is 26.9 Å². The van der Waals surface area contributed by atoms with Crippen molar-refractivity contribution in [3.05, 3.63) is 95.6 Å². The summed E-state index contributed by atoms with van der Waals surface area (Å²) in [5.74, 6) is 11.4. The molecule has 0 saturated carbocycles. The summed E-state index contributed by atoms with van der Waals surface area (Å²) in [4.78, 5) is 0. The van der Waals surface area contributed by atoms with E-state index in [0.29, 0.717) is 0 Å². The fourth-order valence-electron chi connectivity index (χ4n) is 3.58. The van der Waals surface area contributed by atoms with Gasteiger partial charge in [0.25, 0.3) is 9.04 Å². The summed E-state index contributed by atoms with van der Waals surface area (Å²) in [6, 6.07) is 26.6. The Kier molecular flexibility index (Phi) is 8.66. The van der Waals surface area contributed by atoms with Crippen molar-refractivity contribution in [3.63, 3.8) is 0 Å². The number of rotatable bonds is 5. The molecule has 0 amide bonds. The van der Waals surface area contributed by atoms with Gasteiger partial charge < -0.3 is 14.6 Å². The molecule has 0 heterocycles. The maximum absolute atomic E-state index is 9.16. The fourth-order valence-corrected chi connectivity index (χ4v) is 5.90. The largest absolute Gasteiger partial charge is 0.400 e. The first kappa shape index (κ1) is 24.5. The van der Waals surface area contributed by atoms with E-state index in [-0.39, 0.29) is 24.7 Å². The van der Waals surface area contributed by atoms with E-state index in [1.807, 2.05) is 54.6 Å². The highest BCUT2D eigenvalue weighted by atomic mass is 28.3. The zero-order valence-electron chi connectivity index (χ0n) is 19.3. The number of aliphatic hydroxyl groups is 2. The van der Waals surface area contributed by atoms with Crippen LogP contribution in [0.4, 0.5) is 0 Å². The van der Waals surface area contributed by atoms with Crippen molar-refractivity contribution >= 4 is 19.4 Å². The van der Waals surface area contributed by atoms with Crippen molar-refractivity contribution in [1.82, 2.24) is 0 Å². The Balaban J connectivity index is 2.11. The Labute approximate surface area is 198 Å². The van der Waals surface area contributed by atoms with Crippen LogP contribution in [0.25, 0.3) is 0 Å². The van der Waals surface area contributed by atoms with E-state index in [1.54, 1.807) is 0 Å². The van der Waals surface area contributed by atoms with Gasteiger partial charge in [0.1, 0.15) is 13.2 Å². The monoisotopic (exact) mass is 453 g/mol. The molecule has 0 aliphatic heterocycles. The molecule has 33 heavy (non-hydrogen) atoms. The third-order valence-corrected chi connectivity index (χ3v) is 7.16. The second-order valence-corrected chi connectivity index (χ2v) is 10.7. The van der Waals surface area contributed by atoms with Gasteiger partial charge in [0.2, 0.25) is 0 Å². The highest BCUT2D eigenvalue weighted by molar-refractivity contribution is 6.80. The topological polar surface area (TPSA) is 49.7 Å². The van der Waals surface area contributed by atoms with Gasteiger partial charge in [-0.15, -0.1) is 0 Å². The highest BCUT2D eigenvalue weighted by Crippen LogP contribution is 2.37. The van der Waals surface area contributed by atoms with Crippen LogP contribution in [0.5, 0.6) is 0 Å². The molecular formula is C29H29O3Si. The normalized spacial score (nSPS) is 11.8. The van der Waals surface area contributed by atoms with Crippen LogP contribution in [0, 0.1) is 29.1 Å². The van der Waals surface area contributed by atoms with Gasteiger partial charge in [-0.3, -0.25) is 0 Å². The van der Waals surface area contributed by atoms with Crippen molar-refractivity contribution in [2.75, 3.05) is 13.2 Å². The SMILES string of the molecule is CC(C)(C)C(O[Si](c1ccccc1)c1ccccc1)c1cc(C#CCO)cc(C#CCO)c1. The lowest BCUT2D eigenvalue weighted by atomic mass is 9.84. The highest BCUT2D eigenvalue weighted by Gasteiger charge is 2.32. The Morgan fingerprint density at radius 2 is 1.21 bits per heavy atom. The van der Waals surface area contributed by atoms with Crippen LogP contribution < -0.4 is 10.4 Å². The van der Waals surface area contributed by atoms with E-state index in [4.69, 9.17) is 14.6 Å². The summed E-state index contributed by atoms with van der Waals surface area (Å²) >= 11 is 0. The number of benzene rings is 3. The maximum Gasteiger partial charge on any atom is 0.283 e. The third kappa shape index (κ3) is 6.93. The number of aliphatic hydroxyl groups excluding tert-OH is 2. The quantitative estimate of drug-likeness (QED) is 0.461. The van der Waals surface area contributed by atoms with Crippen molar-refractivity contribution in [2.24, 2.45) is 5.41 Å². The molecule has 0 aliphatic rings. The van der Waals surface area contributed by atoms with Gasteiger partial charge in [-0.25, -0.2) is 0 Å². The minimum absolute atomic E-state index is 0.204. The molecular weight excluding hydrogens is 424 g/mol. The van der Waals surface area contributed by atoms with Gasteiger partial charge in [-0.1, -0.05) is 105 Å². The molecule has 167 valence electrons. The molecule has 0 aliphatic carbocycles. The van der Waals surface area contributed by atoms with Crippen LogP contribution in [0.2, 0.25) is 0 Å². The summed E-state index contributed by atoms with van der Waals surface area (Å²) in [5, 5.41) is 20.7. The van der Waals surface area contributed by atoms with Gasteiger partial charge in [0.15, 0.2) is 0 Å². The molecule has 0 saturated heterocycles. The number of hydrogen-bond donors (Lipinski definition) is 2. The van der Waals surface area contributed by atoms with Gasteiger partial charge in [-0.05, 0) is 39.6 Å². The van der Waals surface area contributed by atoms with Gasteiger partial charge in [0, 0.05) is 11.1 Å². The van der Waals surface area contributed by atoms with Crippen molar-refractivity contribution in [3.8, 4) is 23.7 Å². The molecule has 3 aromatic carbocycles. The average molecular weight is 454 g/mol. The molecule has 3 rings (SSSR count). The Bertz CT molecular complexity index is 1080. The van der Waals surface area contributed by atoms with Crippen LogP contribution >= 0.6 is 0 Å². The van der Waals surface area contributed by atoms with Crippen LogP contribution in [0.15, 0.2) is 78.9 Å². The first-order valence-corrected chi connectivity index (χ1v) is 12.3. The summed E-state index contributed by atoms with van der Waals surface area (Å²) in [5.41, 5.74) is 2.29. The Morgan fingerprint density at radius 3 is 1.61 bits per heavy atom. The first-order chi connectivity index (χ1) is 15.9. The molecule has 1 unspecified atom stereocenters. The average Bonchev–Trinajstić information content (AvgIpc) is 2.82. The Hall–Kier alpha value is -3.12. The maximum atomic E-state index is 9.16. The second-order valence-electron chi connectivity index (χ2n) is 8.69. The lowest BCUT2D eigenvalue weighted by Gasteiger charge is -2.34. The predicted molar refractivity (Wildman–Crippen MR) is 136 cm³/mol. The molecule has 1 atom stereocenters. The molecule has 0 fully saturated rings. The zero-order chi connectivity index (χ0) is 23.7. The van der Waals surface area contributed by atoms with E-state index >= 15 is 0 Å². The van der Waals surface area contributed by atoms with Gasteiger partial charge in [0.05, 0.1) is 6.10 Å². The zero-order valence-corrected chi connectivity index (χ0v) is 20.3. The standard InChI is InChI=1S/C29H29O3Si/c1-29(2,3)28(25-21-23(12-10-18-30)20-24(22-25)13-11-19-31)32-33(26-14-6-4-7-15-26)27-16-8-5-9-17-27/h4-9,14-17,20-22,28,30-31H,18-19H2,1-3H3. The van der Waals surface area contributed by atoms with E-state index in [9.17, 15) is 0 Å². The van der Waals surface area contributed by atoms with Gasteiger partial charge >= 0.3 is 0 Å². The molecule has 3 aromatic rings. The van der Waals surface area contributed by atoms with Crippen LogP contribution in [-0.2, 0) is 4.43 Å². The third-order valence-electron chi connectivity index (χ3n) is 4.98. The first-order valence-electron chi connectivity index (χ1n) is 10.9. The lowest BCUT2D eigenvalue weighted by molar-refractivity contribution is 0.0897. The smallest absolute Gasteiger partial charge is 0.283 e. The summed E-state index contributed by atoms with van der Waals surface area (Å²) < 4.78 is 7.00. The molecule has 3 nitrogen and oxygen atoms in total. The molecule has 2 N–H and O–H groups in total. The molecule has 1 radical (unpaired) electrons. The second kappa shape index (κ2) is 11.7. The molecule has 0 aromatic heterocycles. The number of hydrogen-bond acceptors (Lipinski definition) is 3. The van der Waals surface area contributed by atoms with Gasteiger partial charge in [-0.2, -0.15) is 0 Å². The molecule has 0 bridgehead atoms. The fraction of sp³-hybridized carbons (Fsp3) is 0.241. The Morgan fingerprint density at radius 1 is 0.758 bits per heavy atom. The molecule has 0 spiro atoms. The van der Waals surface area contributed by atoms with Crippen molar-refractivity contribution < 1.29 is 14.6 Å². The summed E-state index contributed by atoms with van der Waals surface area (Å²) in [6.07, 6.45) is -0.225. The summed E-state index contributed by atoms with van der Waals surface area (Å²) in [7, 11) is -1.54. The van der Waals surface area contributed by atoms with E-state index in [0.717, 1.165) is 16.7 Å². The summed E-state index contributed by atoms with van der Waals surface area (Å²) in [6.45, 7) is 6.07. The lowest BCUT2D eigenvalue weighted by Crippen LogP contribution is -2.47. The van der Waals surface area contributed by atoms with E-state index in [1.165, 1.54) is 10.4 Å². The predicted octanol–water partition coefficient (Wildman–Crippen LogP) is 3.28. The van der Waals surface area contributed by atoms with Crippen LogP contribution in [-0.4, -0.2) is 32.5 Å². The van der Waals surface area contributed by atoms with Crippen molar-refractivity contribution in [1.29, 1.82) is 0 Å². The molecule has 4 heteroatoms. The van der Waals surface area contributed by atoms with E-state index < -0.39 is 9.04 Å². The minimum atomic E-state index is -1.54.